The number of ether oxygens (including phenoxy) is 3. The van der Waals surface area contributed by atoms with Gasteiger partial charge >= 0.3 is 12.0 Å². The summed E-state index contributed by atoms with van der Waals surface area (Å²) in [6, 6.07) is 0.201. The summed E-state index contributed by atoms with van der Waals surface area (Å²) in [7, 11) is 4.23. The molecule has 0 aliphatic carbocycles. The second-order valence-corrected chi connectivity index (χ2v) is 2.68. The van der Waals surface area contributed by atoms with Gasteiger partial charge in [-0.3, -0.25) is 0 Å². The van der Waals surface area contributed by atoms with Gasteiger partial charge in [0.05, 0.1) is 26.9 Å². The first-order chi connectivity index (χ1) is 7.71. The smallest absolute Gasteiger partial charge is 0.330 e. The molecule has 0 amide bonds. The maximum Gasteiger partial charge on any atom is 0.330 e. The zero-order valence-corrected chi connectivity index (χ0v) is 9.26. The van der Waals surface area contributed by atoms with Gasteiger partial charge in [0.15, 0.2) is 0 Å². The van der Waals surface area contributed by atoms with Crippen LogP contribution in [0.25, 0.3) is 6.08 Å². The van der Waals surface area contributed by atoms with Crippen LogP contribution in [0.1, 0.15) is 5.56 Å². The molecule has 0 bridgehead atoms. The highest BCUT2D eigenvalue weighted by Crippen LogP contribution is 2.18. The van der Waals surface area contributed by atoms with Crippen molar-refractivity contribution in [3.05, 3.63) is 17.8 Å². The van der Waals surface area contributed by atoms with Crippen LogP contribution in [0.4, 0.5) is 0 Å². The van der Waals surface area contributed by atoms with E-state index in [0.29, 0.717) is 11.4 Å². The van der Waals surface area contributed by atoms with E-state index in [2.05, 4.69) is 14.7 Å². The average Bonchev–Trinajstić information content (AvgIpc) is 2.35. The highest BCUT2D eigenvalue weighted by Gasteiger charge is 2.05. The number of hydrogen-bond acceptors (Lipinski definition) is 6. The molecule has 0 atom stereocenters. The number of carbonyl (C=O) groups is 1. The predicted molar refractivity (Wildman–Crippen MR) is 56.2 cm³/mol. The van der Waals surface area contributed by atoms with E-state index in [9.17, 15) is 4.79 Å². The van der Waals surface area contributed by atoms with Gasteiger partial charge in [-0.2, -0.15) is 4.98 Å². The van der Waals surface area contributed by atoms with Gasteiger partial charge in [-0.15, -0.1) is 0 Å². The van der Waals surface area contributed by atoms with Crippen LogP contribution in [-0.4, -0.2) is 37.3 Å². The fourth-order valence-corrected chi connectivity index (χ4v) is 0.962. The lowest BCUT2D eigenvalue weighted by Crippen LogP contribution is -1.98. The Labute approximate surface area is 92.9 Å². The standard InChI is InChI=1S/C10H12N2O4/c1-14-8(13)5-4-7-6-11-10(16-3)12-9(7)15-2/h4-6H,1-3H3/b5-4-. The van der Waals surface area contributed by atoms with Crippen molar-refractivity contribution >= 4 is 12.0 Å². The average molecular weight is 224 g/mol. The summed E-state index contributed by atoms with van der Waals surface area (Å²) in [4.78, 5) is 18.7. The van der Waals surface area contributed by atoms with Crippen molar-refractivity contribution in [3.8, 4) is 11.9 Å². The molecular formula is C10H12N2O4. The summed E-state index contributed by atoms with van der Waals surface area (Å²) >= 11 is 0. The fraction of sp³-hybridized carbons (Fsp3) is 0.300. The second-order valence-electron chi connectivity index (χ2n) is 2.68. The molecule has 0 aromatic carbocycles. The lowest BCUT2D eigenvalue weighted by molar-refractivity contribution is -0.134. The number of hydrogen-bond donors (Lipinski definition) is 0. The van der Waals surface area contributed by atoms with Crippen molar-refractivity contribution in [2.24, 2.45) is 0 Å². The lowest BCUT2D eigenvalue weighted by atomic mass is 10.3. The second kappa shape index (κ2) is 5.69. The molecule has 6 nitrogen and oxygen atoms in total. The molecule has 86 valence electrons. The predicted octanol–water partition coefficient (Wildman–Crippen LogP) is 0.680. The summed E-state index contributed by atoms with van der Waals surface area (Å²) in [6.45, 7) is 0. The van der Waals surface area contributed by atoms with E-state index in [1.165, 1.54) is 39.7 Å². The summed E-state index contributed by atoms with van der Waals surface area (Å²) in [5.74, 6) is -0.134. The van der Waals surface area contributed by atoms with Crippen LogP contribution in [0.5, 0.6) is 11.9 Å². The van der Waals surface area contributed by atoms with Gasteiger partial charge < -0.3 is 14.2 Å². The third-order valence-corrected chi connectivity index (χ3v) is 1.73. The number of carbonyl (C=O) groups excluding carboxylic acids is 1. The van der Waals surface area contributed by atoms with Crippen molar-refractivity contribution in [1.29, 1.82) is 0 Å². The molecule has 0 N–H and O–H groups in total. The molecule has 0 unspecified atom stereocenters. The number of esters is 1. The maximum absolute atomic E-state index is 10.9. The Hall–Kier alpha value is -2.11. The Kier molecular flexibility index (Phi) is 4.26. The Bertz CT molecular complexity index is 404. The molecule has 0 saturated heterocycles. The van der Waals surface area contributed by atoms with Gasteiger partial charge in [0.2, 0.25) is 5.88 Å². The number of rotatable bonds is 4. The van der Waals surface area contributed by atoms with Gasteiger partial charge in [0.1, 0.15) is 0 Å². The minimum absolute atomic E-state index is 0.201. The zero-order valence-electron chi connectivity index (χ0n) is 9.26. The van der Waals surface area contributed by atoms with Gasteiger partial charge in [-0.1, -0.05) is 0 Å². The van der Waals surface area contributed by atoms with E-state index in [0.717, 1.165) is 0 Å². The molecular weight excluding hydrogens is 212 g/mol. The first kappa shape index (κ1) is 12.0. The number of nitrogens with zero attached hydrogens (tertiary/aromatic N) is 2. The summed E-state index contributed by atoms with van der Waals surface area (Å²) in [5.41, 5.74) is 0.564. The first-order valence-corrected chi connectivity index (χ1v) is 4.42. The fourth-order valence-electron chi connectivity index (χ4n) is 0.962. The van der Waals surface area contributed by atoms with E-state index in [1.807, 2.05) is 0 Å². The lowest BCUT2D eigenvalue weighted by Gasteiger charge is -2.04. The summed E-state index contributed by atoms with van der Waals surface area (Å²) < 4.78 is 14.3. The molecule has 16 heavy (non-hydrogen) atoms. The summed E-state index contributed by atoms with van der Waals surface area (Å²) in [6.07, 6.45) is 4.25. The molecule has 0 aliphatic heterocycles. The summed E-state index contributed by atoms with van der Waals surface area (Å²) in [5, 5.41) is 0. The van der Waals surface area contributed by atoms with Crippen molar-refractivity contribution in [3.63, 3.8) is 0 Å². The Morgan fingerprint density at radius 2 is 2.06 bits per heavy atom. The van der Waals surface area contributed by atoms with Crippen LogP contribution in [0, 0.1) is 0 Å². The Balaban J connectivity index is 2.95. The molecule has 1 aromatic heterocycles. The van der Waals surface area contributed by atoms with Crippen LogP contribution in [0.15, 0.2) is 12.3 Å². The van der Waals surface area contributed by atoms with Crippen LogP contribution >= 0.6 is 0 Å². The van der Waals surface area contributed by atoms with Crippen molar-refractivity contribution in [2.45, 2.75) is 0 Å². The molecule has 0 radical (unpaired) electrons. The van der Waals surface area contributed by atoms with E-state index in [1.54, 1.807) is 0 Å². The van der Waals surface area contributed by atoms with E-state index >= 15 is 0 Å². The van der Waals surface area contributed by atoms with Gasteiger partial charge in [-0.05, 0) is 6.08 Å². The van der Waals surface area contributed by atoms with Crippen LogP contribution in [0.2, 0.25) is 0 Å². The quantitative estimate of drug-likeness (QED) is 0.553. The topological polar surface area (TPSA) is 70.5 Å². The molecule has 0 aliphatic rings. The van der Waals surface area contributed by atoms with Crippen LogP contribution in [-0.2, 0) is 9.53 Å². The molecule has 0 fully saturated rings. The molecule has 0 saturated carbocycles. The number of methoxy groups -OCH3 is 3. The Morgan fingerprint density at radius 1 is 1.31 bits per heavy atom. The molecule has 6 heteroatoms. The SMILES string of the molecule is COC(=O)/C=C\c1cnc(OC)nc1OC. The van der Waals surface area contributed by atoms with Crippen molar-refractivity contribution in [1.82, 2.24) is 9.97 Å². The molecule has 0 spiro atoms. The van der Waals surface area contributed by atoms with Gasteiger partial charge in [0, 0.05) is 12.3 Å². The van der Waals surface area contributed by atoms with E-state index in [4.69, 9.17) is 9.47 Å². The molecule has 1 heterocycles. The third kappa shape index (κ3) is 2.94. The van der Waals surface area contributed by atoms with Crippen LogP contribution in [0.3, 0.4) is 0 Å². The van der Waals surface area contributed by atoms with E-state index in [-0.39, 0.29) is 6.01 Å². The molecule has 1 rings (SSSR count). The number of aromatic nitrogens is 2. The largest absolute Gasteiger partial charge is 0.480 e. The molecule has 1 aromatic rings. The normalized spacial score (nSPS) is 10.2. The minimum Gasteiger partial charge on any atom is -0.480 e. The van der Waals surface area contributed by atoms with Crippen LogP contribution < -0.4 is 9.47 Å². The first-order valence-electron chi connectivity index (χ1n) is 4.42. The van der Waals surface area contributed by atoms with Gasteiger partial charge in [-0.25, -0.2) is 9.78 Å². The van der Waals surface area contributed by atoms with Crippen molar-refractivity contribution in [2.75, 3.05) is 21.3 Å². The highest BCUT2D eigenvalue weighted by atomic mass is 16.5. The van der Waals surface area contributed by atoms with E-state index < -0.39 is 5.97 Å². The van der Waals surface area contributed by atoms with Crippen molar-refractivity contribution < 1.29 is 19.0 Å². The minimum atomic E-state index is -0.460. The zero-order chi connectivity index (χ0) is 12.0. The highest BCUT2D eigenvalue weighted by molar-refractivity contribution is 5.87. The Morgan fingerprint density at radius 3 is 2.62 bits per heavy atom. The third-order valence-electron chi connectivity index (χ3n) is 1.73. The monoisotopic (exact) mass is 224 g/mol. The maximum atomic E-state index is 10.9. The van der Waals surface area contributed by atoms with Gasteiger partial charge in [0.25, 0.3) is 0 Å².